The van der Waals surface area contributed by atoms with Gasteiger partial charge in [-0.05, 0) is 6.42 Å². The van der Waals surface area contributed by atoms with Crippen LogP contribution in [-0.2, 0) is 23.1 Å². The lowest BCUT2D eigenvalue weighted by molar-refractivity contribution is -0.870. The molecule has 0 aliphatic heterocycles. The molecule has 0 aromatic rings. The molecule has 0 radical (unpaired) electrons. The van der Waals surface area contributed by atoms with Crippen LogP contribution in [0.4, 0.5) is 0 Å². The zero-order valence-corrected chi connectivity index (χ0v) is 23.1. The lowest BCUT2D eigenvalue weighted by Crippen LogP contribution is -2.37. The zero-order valence-electron chi connectivity index (χ0n) is 22.2. The second kappa shape index (κ2) is 19.8. The van der Waals surface area contributed by atoms with E-state index in [4.69, 9.17) is 13.8 Å². The van der Waals surface area contributed by atoms with Crippen LogP contribution in [-0.4, -0.2) is 75.8 Å². The summed E-state index contributed by atoms with van der Waals surface area (Å²) in [4.78, 5) is 11.8. The van der Waals surface area contributed by atoms with Gasteiger partial charge in [0, 0.05) is 13.1 Å². The Balaban J connectivity index is 3.57. The van der Waals surface area contributed by atoms with E-state index >= 15 is 0 Å². The van der Waals surface area contributed by atoms with Gasteiger partial charge in [-0.3, -0.25) is 9.36 Å². The fourth-order valence-corrected chi connectivity index (χ4v) is 4.27. The van der Waals surface area contributed by atoms with Gasteiger partial charge < -0.3 is 23.4 Å². The molecular weight excluding hydrogens is 441 g/mol. The fourth-order valence-electron chi connectivity index (χ4n) is 3.34. The highest BCUT2D eigenvalue weighted by atomic mass is 31.2. The third-order valence-corrected chi connectivity index (χ3v) is 6.78. The standard InChI is InChI=1S/C25H53NO6P/c1-6-7-8-9-10-11-12-13-14-15-16-17-18-19-25(28)30-22-24(27)23-32-33(5,29)31-21-20-26(2,3)4/h24,27H,6-23H2,1-5H3/q+1. The molecule has 0 amide bonds. The smallest absolute Gasteiger partial charge is 0.327 e. The number of hydrogen-bond donors (Lipinski definition) is 1. The van der Waals surface area contributed by atoms with E-state index in [9.17, 15) is 14.5 Å². The first-order chi connectivity index (χ1) is 15.6. The summed E-state index contributed by atoms with van der Waals surface area (Å²) in [7, 11) is 2.81. The van der Waals surface area contributed by atoms with E-state index in [1.54, 1.807) is 0 Å². The van der Waals surface area contributed by atoms with Gasteiger partial charge in [0.25, 0.3) is 0 Å². The van der Waals surface area contributed by atoms with Crippen LogP contribution in [0.15, 0.2) is 0 Å². The van der Waals surface area contributed by atoms with Gasteiger partial charge in [0.2, 0.25) is 0 Å². The van der Waals surface area contributed by atoms with Gasteiger partial charge in [0.1, 0.15) is 25.9 Å². The van der Waals surface area contributed by atoms with E-state index in [1.807, 2.05) is 21.1 Å². The molecule has 7 nitrogen and oxygen atoms in total. The maximum Gasteiger partial charge on any atom is 0.327 e. The summed E-state index contributed by atoms with van der Waals surface area (Å²) in [6.07, 6.45) is 15.7. The van der Waals surface area contributed by atoms with Gasteiger partial charge in [-0.2, -0.15) is 0 Å². The lowest BCUT2D eigenvalue weighted by Gasteiger charge is -2.24. The van der Waals surface area contributed by atoms with E-state index in [0.29, 0.717) is 24.1 Å². The summed E-state index contributed by atoms with van der Waals surface area (Å²) in [5.74, 6) is -0.309. The number of aliphatic hydroxyl groups excluding tert-OH is 1. The molecular formula is C25H53NO6P+. The van der Waals surface area contributed by atoms with E-state index < -0.39 is 13.7 Å². The molecule has 0 saturated carbocycles. The topological polar surface area (TPSA) is 82.1 Å². The van der Waals surface area contributed by atoms with Gasteiger partial charge in [0.15, 0.2) is 0 Å². The molecule has 0 aliphatic rings. The van der Waals surface area contributed by atoms with Crippen molar-refractivity contribution < 1.29 is 32.7 Å². The number of nitrogens with zero attached hydrogens (tertiary/aromatic N) is 1. The summed E-state index contributed by atoms with van der Waals surface area (Å²) in [6.45, 7) is 4.29. The Morgan fingerprint density at radius 1 is 0.818 bits per heavy atom. The maximum atomic E-state index is 12.2. The highest BCUT2D eigenvalue weighted by Gasteiger charge is 2.21. The molecule has 2 atom stereocenters. The third kappa shape index (κ3) is 24.5. The number of esters is 1. The van der Waals surface area contributed by atoms with Gasteiger partial charge in [0.05, 0.1) is 27.7 Å². The van der Waals surface area contributed by atoms with Gasteiger partial charge in [-0.25, -0.2) is 0 Å². The number of rotatable bonds is 23. The summed E-state index contributed by atoms with van der Waals surface area (Å²) in [5.41, 5.74) is 0. The summed E-state index contributed by atoms with van der Waals surface area (Å²) in [5, 5.41) is 9.92. The average Bonchev–Trinajstić information content (AvgIpc) is 2.73. The van der Waals surface area contributed by atoms with E-state index in [2.05, 4.69) is 6.92 Å². The Morgan fingerprint density at radius 3 is 1.79 bits per heavy atom. The molecule has 0 aromatic carbocycles. The first kappa shape index (κ1) is 32.5. The van der Waals surface area contributed by atoms with Crippen molar-refractivity contribution in [3.63, 3.8) is 0 Å². The zero-order chi connectivity index (χ0) is 25.0. The van der Waals surface area contributed by atoms with Crippen molar-refractivity contribution in [2.75, 3.05) is 54.2 Å². The van der Waals surface area contributed by atoms with E-state index in [0.717, 1.165) is 19.3 Å². The minimum absolute atomic E-state index is 0.157. The number of aliphatic hydroxyl groups is 1. The molecule has 1 N–H and O–H groups in total. The molecule has 0 heterocycles. The summed E-state index contributed by atoms with van der Waals surface area (Å²) in [6, 6.07) is 0. The van der Waals surface area contributed by atoms with Gasteiger partial charge in [-0.1, -0.05) is 84.0 Å². The molecule has 0 bridgehead atoms. The minimum atomic E-state index is -3.23. The van der Waals surface area contributed by atoms with Crippen LogP contribution in [0.25, 0.3) is 0 Å². The predicted molar refractivity (Wildman–Crippen MR) is 136 cm³/mol. The minimum Gasteiger partial charge on any atom is -0.463 e. The van der Waals surface area contributed by atoms with Crippen molar-refractivity contribution in [3.8, 4) is 0 Å². The Bertz CT molecular complexity index is 524. The van der Waals surface area contributed by atoms with Crippen molar-refractivity contribution in [2.45, 2.75) is 103 Å². The number of quaternary nitrogens is 1. The predicted octanol–water partition coefficient (Wildman–Crippen LogP) is 5.93. The number of unbranched alkanes of at least 4 members (excludes halogenated alkanes) is 12. The fraction of sp³-hybridized carbons (Fsp3) is 0.960. The average molecular weight is 495 g/mol. The highest BCUT2D eigenvalue weighted by molar-refractivity contribution is 7.52. The van der Waals surface area contributed by atoms with Crippen molar-refractivity contribution in [1.29, 1.82) is 0 Å². The van der Waals surface area contributed by atoms with Crippen molar-refractivity contribution >= 4 is 13.6 Å². The Hall–Kier alpha value is -0.460. The Labute approximate surface area is 203 Å². The molecule has 0 aliphatic carbocycles. The molecule has 0 spiro atoms. The van der Waals surface area contributed by atoms with Gasteiger partial charge in [-0.15, -0.1) is 0 Å². The van der Waals surface area contributed by atoms with Crippen molar-refractivity contribution in [2.24, 2.45) is 0 Å². The molecule has 0 rings (SSSR count). The Morgan fingerprint density at radius 2 is 1.30 bits per heavy atom. The van der Waals surface area contributed by atoms with Gasteiger partial charge >= 0.3 is 13.6 Å². The maximum absolute atomic E-state index is 12.2. The second-order valence-electron chi connectivity index (χ2n) is 10.2. The Kier molecular flexibility index (Phi) is 19.5. The monoisotopic (exact) mass is 494 g/mol. The van der Waals surface area contributed by atoms with Crippen LogP contribution in [0.1, 0.15) is 96.8 Å². The SMILES string of the molecule is CCCCCCCCCCCCCCCC(=O)OCC(O)COP(C)(=O)OCC[N+](C)(C)C. The molecule has 2 unspecified atom stereocenters. The van der Waals surface area contributed by atoms with E-state index in [1.165, 1.54) is 70.9 Å². The van der Waals surface area contributed by atoms with Crippen LogP contribution in [0.5, 0.6) is 0 Å². The number of likely N-dealkylation sites (N-methyl/N-ethyl adjacent to an activating group) is 1. The van der Waals surface area contributed by atoms with Crippen LogP contribution in [0.2, 0.25) is 0 Å². The van der Waals surface area contributed by atoms with Crippen LogP contribution in [0, 0.1) is 0 Å². The molecule has 0 saturated heterocycles. The normalized spacial score (nSPS) is 14.7. The largest absolute Gasteiger partial charge is 0.463 e. The van der Waals surface area contributed by atoms with Crippen LogP contribution >= 0.6 is 7.60 Å². The molecule has 33 heavy (non-hydrogen) atoms. The van der Waals surface area contributed by atoms with Crippen LogP contribution < -0.4 is 0 Å². The highest BCUT2D eigenvalue weighted by Crippen LogP contribution is 2.43. The molecule has 0 aromatic heterocycles. The summed E-state index contributed by atoms with van der Waals surface area (Å²) >= 11 is 0. The molecule has 198 valence electrons. The number of ether oxygens (including phenoxy) is 1. The number of hydrogen-bond acceptors (Lipinski definition) is 6. The van der Waals surface area contributed by atoms with Crippen molar-refractivity contribution in [3.05, 3.63) is 0 Å². The summed E-state index contributed by atoms with van der Waals surface area (Å²) < 4.78 is 28.5. The number of carbonyl (C=O) groups excluding carboxylic acids is 1. The first-order valence-electron chi connectivity index (χ1n) is 13.1. The first-order valence-corrected chi connectivity index (χ1v) is 15.1. The second-order valence-corrected chi connectivity index (χ2v) is 12.3. The molecule has 0 fully saturated rings. The third-order valence-electron chi connectivity index (χ3n) is 5.51. The lowest BCUT2D eigenvalue weighted by atomic mass is 10.0. The molecule has 8 heteroatoms. The van der Waals surface area contributed by atoms with Crippen molar-refractivity contribution in [1.82, 2.24) is 0 Å². The number of carbonyl (C=O) groups is 1. The van der Waals surface area contributed by atoms with Crippen LogP contribution in [0.3, 0.4) is 0 Å². The quantitative estimate of drug-likeness (QED) is 0.0820. The van der Waals surface area contributed by atoms with E-state index in [-0.39, 0.29) is 19.2 Å².